The number of amides is 1. The van der Waals surface area contributed by atoms with Crippen molar-refractivity contribution in [1.82, 2.24) is 9.97 Å². The van der Waals surface area contributed by atoms with Gasteiger partial charge in [0, 0.05) is 0 Å². The van der Waals surface area contributed by atoms with Crippen molar-refractivity contribution < 1.29 is 4.79 Å². The van der Waals surface area contributed by atoms with Crippen LogP contribution in [0.3, 0.4) is 0 Å². The summed E-state index contributed by atoms with van der Waals surface area (Å²) in [5.74, 6) is -0.0424. The summed E-state index contributed by atoms with van der Waals surface area (Å²) in [6.07, 6.45) is 0. The molecule has 0 radical (unpaired) electrons. The van der Waals surface area contributed by atoms with Gasteiger partial charge in [0.1, 0.15) is 5.25 Å². The van der Waals surface area contributed by atoms with Gasteiger partial charge in [0.05, 0.1) is 22.4 Å². The molecule has 1 unspecified atom stereocenters. The maximum atomic E-state index is 12.7. The predicted molar refractivity (Wildman–Crippen MR) is 92.8 cm³/mol. The Labute approximate surface area is 137 Å². The van der Waals surface area contributed by atoms with E-state index in [0.717, 1.165) is 27.6 Å². The highest BCUT2D eigenvalue weighted by molar-refractivity contribution is 8.01. The molecular formula is C17H14N4OS. The van der Waals surface area contributed by atoms with Crippen molar-refractivity contribution in [2.45, 2.75) is 17.3 Å². The maximum absolute atomic E-state index is 12.7. The average Bonchev–Trinajstić information content (AvgIpc) is 3.11. The summed E-state index contributed by atoms with van der Waals surface area (Å²) < 4.78 is 0. The molecule has 1 aromatic heterocycles. The lowest BCUT2D eigenvalue weighted by molar-refractivity contribution is -0.116. The van der Waals surface area contributed by atoms with Crippen LogP contribution in [0.15, 0.2) is 64.9 Å². The van der Waals surface area contributed by atoms with E-state index in [1.807, 2.05) is 61.5 Å². The number of carbonyl (C=O) groups excluding carboxylic acids is 1. The van der Waals surface area contributed by atoms with Gasteiger partial charge in [0.2, 0.25) is 0 Å². The zero-order valence-electron chi connectivity index (χ0n) is 12.4. The number of nitrogens with one attached hydrogen (secondary N) is 1. The zero-order valence-corrected chi connectivity index (χ0v) is 13.2. The number of para-hydroxylation sites is 3. The van der Waals surface area contributed by atoms with Crippen LogP contribution in [0.4, 0.5) is 5.69 Å². The number of nitrogens with zero attached hydrogens (tertiary/aromatic N) is 3. The summed E-state index contributed by atoms with van der Waals surface area (Å²) in [7, 11) is 0. The van der Waals surface area contributed by atoms with Crippen LogP contribution in [0, 0.1) is 0 Å². The van der Waals surface area contributed by atoms with Crippen LogP contribution in [0.2, 0.25) is 0 Å². The lowest BCUT2D eigenvalue weighted by atomic mass is 10.3. The molecule has 0 saturated carbocycles. The number of hydrogen-bond donors (Lipinski definition) is 1. The minimum absolute atomic E-state index is 0.0424. The Hall–Kier alpha value is -2.60. The number of hydrazone groups is 1. The van der Waals surface area contributed by atoms with Gasteiger partial charge >= 0.3 is 0 Å². The average molecular weight is 322 g/mol. The van der Waals surface area contributed by atoms with Crippen LogP contribution < -0.4 is 5.01 Å². The van der Waals surface area contributed by atoms with Gasteiger partial charge in [-0.3, -0.25) is 4.79 Å². The van der Waals surface area contributed by atoms with Gasteiger partial charge in [-0.2, -0.15) is 10.1 Å². The Morgan fingerprint density at radius 2 is 1.83 bits per heavy atom. The molecule has 0 fully saturated rings. The maximum Gasteiger partial charge on any atom is 0.266 e. The highest BCUT2D eigenvalue weighted by Gasteiger charge is 2.35. The number of rotatable bonds is 3. The second-order valence-electron chi connectivity index (χ2n) is 5.28. The molecular weight excluding hydrogens is 308 g/mol. The fourth-order valence-electron chi connectivity index (χ4n) is 2.54. The minimum Gasteiger partial charge on any atom is -0.333 e. The van der Waals surface area contributed by atoms with Crippen LogP contribution in [0.1, 0.15) is 6.92 Å². The fraction of sp³-hybridized carbons (Fsp3) is 0.118. The molecule has 6 heteroatoms. The lowest BCUT2D eigenvalue weighted by Crippen LogP contribution is -2.29. The molecule has 5 nitrogen and oxygen atoms in total. The smallest absolute Gasteiger partial charge is 0.266 e. The molecule has 1 amide bonds. The summed E-state index contributed by atoms with van der Waals surface area (Å²) in [5.41, 5.74) is 3.43. The van der Waals surface area contributed by atoms with Crippen molar-refractivity contribution in [2.75, 3.05) is 5.01 Å². The molecule has 0 bridgehead atoms. The molecule has 0 aliphatic carbocycles. The number of thioether (sulfide) groups is 1. The van der Waals surface area contributed by atoms with Crippen LogP contribution in [-0.4, -0.2) is 26.8 Å². The van der Waals surface area contributed by atoms with E-state index < -0.39 is 0 Å². The van der Waals surface area contributed by atoms with Gasteiger partial charge in [-0.15, -0.1) is 0 Å². The highest BCUT2D eigenvalue weighted by atomic mass is 32.2. The molecule has 2 aromatic carbocycles. The molecule has 23 heavy (non-hydrogen) atoms. The number of aromatic nitrogens is 2. The first-order chi connectivity index (χ1) is 11.2. The third-order valence-corrected chi connectivity index (χ3v) is 4.86. The van der Waals surface area contributed by atoms with Crippen molar-refractivity contribution in [3.63, 3.8) is 0 Å². The SMILES string of the molecule is CC1=NN(c2ccccc2)C(=O)C1Sc1nc2ccccc2[nH]1. The summed E-state index contributed by atoms with van der Waals surface area (Å²) in [5, 5.41) is 6.26. The Morgan fingerprint density at radius 1 is 1.09 bits per heavy atom. The molecule has 114 valence electrons. The van der Waals surface area contributed by atoms with E-state index >= 15 is 0 Å². The summed E-state index contributed by atoms with van der Waals surface area (Å²) in [4.78, 5) is 20.5. The monoisotopic (exact) mass is 322 g/mol. The van der Waals surface area contributed by atoms with Gasteiger partial charge < -0.3 is 4.98 Å². The number of anilines is 1. The summed E-state index contributed by atoms with van der Waals surface area (Å²) in [6.45, 7) is 1.88. The van der Waals surface area contributed by atoms with Gasteiger partial charge in [0.25, 0.3) is 5.91 Å². The second kappa shape index (κ2) is 5.55. The van der Waals surface area contributed by atoms with E-state index in [-0.39, 0.29) is 11.2 Å². The van der Waals surface area contributed by atoms with E-state index in [4.69, 9.17) is 0 Å². The van der Waals surface area contributed by atoms with E-state index in [9.17, 15) is 4.79 Å². The molecule has 0 spiro atoms. The standard InChI is InChI=1S/C17H14N4OS/c1-11-15(16(22)21(20-11)12-7-3-2-4-8-12)23-17-18-13-9-5-6-10-14(13)19-17/h2-10,15H,1H3,(H,18,19). The molecule has 1 aliphatic heterocycles. The third-order valence-electron chi connectivity index (χ3n) is 3.67. The minimum atomic E-state index is -0.351. The van der Waals surface area contributed by atoms with Gasteiger partial charge in [-0.1, -0.05) is 42.1 Å². The van der Waals surface area contributed by atoms with Gasteiger partial charge in [-0.05, 0) is 31.2 Å². The third kappa shape index (κ3) is 2.51. The van der Waals surface area contributed by atoms with Gasteiger partial charge in [0.15, 0.2) is 5.16 Å². The number of aromatic amines is 1. The zero-order chi connectivity index (χ0) is 15.8. The summed E-state index contributed by atoms with van der Waals surface area (Å²) in [6, 6.07) is 17.3. The van der Waals surface area contributed by atoms with E-state index in [1.165, 1.54) is 16.8 Å². The number of H-pyrrole nitrogens is 1. The largest absolute Gasteiger partial charge is 0.333 e. The lowest BCUT2D eigenvalue weighted by Gasteiger charge is -2.13. The number of benzene rings is 2. The molecule has 0 saturated heterocycles. The molecule has 1 aliphatic rings. The number of carbonyl (C=O) groups is 1. The molecule has 2 heterocycles. The van der Waals surface area contributed by atoms with Crippen molar-refractivity contribution in [2.24, 2.45) is 5.10 Å². The van der Waals surface area contributed by atoms with Crippen LogP contribution in [0.5, 0.6) is 0 Å². The Morgan fingerprint density at radius 3 is 2.61 bits per heavy atom. The first-order valence-corrected chi connectivity index (χ1v) is 8.16. The second-order valence-corrected chi connectivity index (χ2v) is 6.38. The number of fused-ring (bicyclic) bond motifs is 1. The predicted octanol–water partition coefficient (Wildman–Crippen LogP) is 3.45. The fourth-order valence-corrected chi connectivity index (χ4v) is 3.50. The number of hydrogen-bond acceptors (Lipinski definition) is 4. The van der Waals surface area contributed by atoms with Crippen molar-refractivity contribution in [3.8, 4) is 0 Å². The first-order valence-electron chi connectivity index (χ1n) is 7.28. The van der Waals surface area contributed by atoms with Crippen LogP contribution in [-0.2, 0) is 4.79 Å². The molecule has 1 N–H and O–H groups in total. The van der Waals surface area contributed by atoms with Crippen LogP contribution in [0.25, 0.3) is 11.0 Å². The Kier molecular flexibility index (Phi) is 3.38. The van der Waals surface area contributed by atoms with E-state index in [2.05, 4.69) is 15.1 Å². The quantitative estimate of drug-likeness (QED) is 0.803. The molecule has 4 rings (SSSR count). The molecule has 1 atom stereocenters. The van der Waals surface area contributed by atoms with Gasteiger partial charge in [-0.25, -0.2) is 4.98 Å². The van der Waals surface area contributed by atoms with Crippen molar-refractivity contribution in [1.29, 1.82) is 0 Å². The Balaban J connectivity index is 1.60. The van der Waals surface area contributed by atoms with E-state index in [0.29, 0.717) is 0 Å². The topological polar surface area (TPSA) is 61.4 Å². The normalized spacial score (nSPS) is 17.8. The highest BCUT2D eigenvalue weighted by Crippen LogP contribution is 2.31. The first kappa shape index (κ1) is 14.0. The van der Waals surface area contributed by atoms with Crippen LogP contribution >= 0.6 is 11.8 Å². The number of imidazole rings is 1. The van der Waals surface area contributed by atoms with Crippen molar-refractivity contribution in [3.05, 3.63) is 54.6 Å². The van der Waals surface area contributed by atoms with Crippen molar-refractivity contribution >= 4 is 40.1 Å². The molecule has 3 aromatic rings. The Bertz CT molecular complexity index is 870. The van der Waals surface area contributed by atoms with E-state index in [1.54, 1.807) is 0 Å². The summed E-state index contributed by atoms with van der Waals surface area (Å²) >= 11 is 1.40.